The van der Waals surface area contributed by atoms with E-state index in [0.29, 0.717) is 25.3 Å². The first-order valence-corrected chi connectivity index (χ1v) is 10.6. The second kappa shape index (κ2) is 10.5. The third kappa shape index (κ3) is 5.83. The zero-order valence-corrected chi connectivity index (χ0v) is 18.0. The number of aromatic hydroxyl groups is 1. The number of hydrogen-bond acceptors (Lipinski definition) is 8. The number of pyridine rings is 1. The standard InChI is InChI=1S/C24H24N6O3/c25-22(32)20-21(31)24(27-10-11-30-12-14-33-15-13-30)29-23(28-20)19-7-5-17(6-8-19)3-4-18-2-1-9-26-16-18/h1-2,5-9,16,31H,10-15H2,(H2,25,32)(H,27,28,29). The highest BCUT2D eigenvalue weighted by atomic mass is 16.5. The molecule has 9 heteroatoms. The molecular weight excluding hydrogens is 420 g/mol. The number of nitrogens with one attached hydrogen (secondary N) is 1. The predicted octanol–water partition coefficient (Wildman–Crippen LogP) is 1.49. The van der Waals surface area contributed by atoms with Crippen molar-refractivity contribution in [1.29, 1.82) is 0 Å². The minimum Gasteiger partial charge on any atom is -0.503 e. The first-order valence-electron chi connectivity index (χ1n) is 10.6. The van der Waals surface area contributed by atoms with Gasteiger partial charge >= 0.3 is 0 Å². The summed E-state index contributed by atoms with van der Waals surface area (Å²) in [6, 6.07) is 11.0. The minimum absolute atomic E-state index is 0.169. The minimum atomic E-state index is -0.827. The molecule has 1 fully saturated rings. The quantitative estimate of drug-likeness (QED) is 0.488. The van der Waals surface area contributed by atoms with Gasteiger partial charge in [0.25, 0.3) is 5.91 Å². The SMILES string of the molecule is NC(=O)c1nc(-c2ccc(C#Cc3cccnc3)cc2)nc(NCCN2CCOCC2)c1O. The van der Waals surface area contributed by atoms with Gasteiger partial charge in [-0.2, -0.15) is 0 Å². The molecule has 1 aliphatic rings. The number of morpholine rings is 1. The highest BCUT2D eigenvalue weighted by Gasteiger charge is 2.19. The third-order valence-corrected chi connectivity index (χ3v) is 5.10. The van der Waals surface area contributed by atoms with E-state index in [1.165, 1.54) is 0 Å². The molecule has 2 aromatic heterocycles. The summed E-state index contributed by atoms with van der Waals surface area (Å²) in [7, 11) is 0. The molecule has 1 amide bonds. The molecule has 0 saturated carbocycles. The number of benzene rings is 1. The van der Waals surface area contributed by atoms with Crippen LogP contribution < -0.4 is 11.1 Å². The molecule has 0 spiro atoms. The van der Waals surface area contributed by atoms with Gasteiger partial charge in [0, 0.05) is 55.3 Å². The second-order valence-corrected chi connectivity index (χ2v) is 7.41. The van der Waals surface area contributed by atoms with Gasteiger partial charge in [0.15, 0.2) is 23.1 Å². The number of primary amides is 1. The monoisotopic (exact) mass is 444 g/mol. The molecule has 1 aromatic carbocycles. The number of nitrogens with two attached hydrogens (primary N) is 1. The number of anilines is 1. The predicted molar refractivity (Wildman–Crippen MR) is 124 cm³/mol. The summed E-state index contributed by atoms with van der Waals surface area (Å²) in [6.45, 7) is 4.40. The van der Waals surface area contributed by atoms with E-state index in [0.717, 1.165) is 30.8 Å². The number of aromatic nitrogens is 3. The molecule has 3 heterocycles. The van der Waals surface area contributed by atoms with Crippen molar-refractivity contribution in [2.75, 3.05) is 44.7 Å². The number of hydrogen-bond donors (Lipinski definition) is 3. The summed E-state index contributed by atoms with van der Waals surface area (Å²) in [5, 5.41) is 13.5. The van der Waals surface area contributed by atoms with E-state index in [1.54, 1.807) is 12.4 Å². The number of rotatable bonds is 6. The molecule has 3 aromatic rings. The Labute approximate surface area is 191 Å². The van der Waals surface area contributed by atoms with E-state index in [2.05, 4.69) is 37.0 Å². The van der Waals surface area contributed by atoms with E-state index in [9.17, 15) is 9.90 Å². The van der Waals surface area contributed by atoms with Crippen molar-refractivity contribution in [1.82, 2.24) is 19.9 Å². The molecule has 4 rings (SSSR count). The summed E-state index contributed by atoms with van der Waals surface area (Å²) in [4.78, 5) is 26.7. The van der Waals surface area contributed by atoms with Crippen LogP contribution in [-0.2, 0) is 4.74 Å². The Hall–Kier alpha value is -4.00. The van der Waals surface area contributed by atoms with Gasteiger partial charge < -0.3 is 20.9 Å². The fourth-order valence-electron chi connectivity index (χ4n) is 3.32. The van der Waals surface area contributed by atoms with Gasteiger partial charge in [-0.05, 0) is 36.4 Å². The van der Waals surface area contributed by atoms with Gasteiger partial charge in [-0.25, -0.2) is 9.97 Å². The summed E-state index contributed by atoms with van der Waals surface area (Å²) < 4.78 is 5.35. The fourth-order valence-corrected chi connectivity index (χ4v) is 3.32. The molecule has 1 saturated heterocycles. The number of nitrogens with zero attached hydrogens (tertiary/aromatic N) is 4. The summed E-state index contributed by atoms with van der Waals surface area (Å²) in [6.07, 6.45) is 3.40. The molecule has 0 atom stereocenters. The van der Waals surface area contributed by atoms with E-state index in [-0.39, 0.29) is 23.1 Å². The molecule has 0 radical (unpaired) electrons. The number of carbonyl (C=O) groups excluding carboxylic acids is 1. The highest BCUT2D eigenvalue weighted by molar-refractivity contribution is 5.95. The van der Waals surface area contributed by atoms with Crippen LogP contribution in [0.2, 0.25) is 0 Å². The first kappa shape index (κ1) is 22.2. The van der Waals surface area contributed by atoms with Gasteiger partial charge in [-0.1, -0.05) is 11.8 Å². The lowest BCUT2D eigenvalue weighted by Gasteiger charge is -2.26. The highest BCUT2D eigenvalue weighted by Crippen LogP contribution is 2.28. The summed E-state index contributed by atoms with van der Waals surface area (Å²) in [5.74, 6) is 5.40. The Morgan fingerprint density at radius 3 is 2.58 bits per heavy atom. The third-order valence-electron chi connectivity index (χ3n) is 5.10. The number of carbonyl (C=O) groups is 1. The van der Waals surface area contributed by atoms with Crippen molar-refractivity contribution in [3.63, 3.8) is 0 Å². The fraction of sp³-hybridized carbons (Fsp3) is 0.250. The Kier molecular flexibility index (Phi) is 7.09. The van der Waals surface area contributed by atoms with Crippen LogP contribution in [0, 0.1) is 11.8 Å². The van der Waals surface area contributed by atoms with Crippen molar-refractivity contribution in [2.45, 2.75) is 0 Å². The average molecular weight is 444 g/mol. The van der Waals surface area contributed by atoms with Crippen LogP contribution in [0.15, 0.2) is 48.8 Å². The lowest BCUT2D eigenvalue weighted by atomic mass is 10.1. The van der Waals surface area contributed by atoms with Crippen LogP contribution in [0.3, 0.4) is 0 Å². The van der Waals surface area contributed by atoms with Crippen molar-refractivity contribution < 1.29 is 14.6 Å². The Bertz CT molecular complexity index is 1170. The van der Waals surface area contributed by atoms with Crippen LogP contribution in [0.5, 0.6) is 5.75 Å². The number of amides is 1. The zero-order valence-electron chi connectivity index (χ0n) is 18.0. The smallest absolute Gasteiger partial charge is 0.271 e. The van der Waals surface area contributed by atoms with Crippen LogP contribution >= 0.6 is 0 Å². The topological polar surface area (TPSA) is 126 Å². The lowest BCUT2D eigenvalue weighted by molar-refractivity contribution is 0.0398. The van der Waals surface area contributed by atoms with Gasteiger partial charge in [0.2, 0.25) is 0 Å². The molecule has 1 aliphatic heterocycles. The van der Waals surface area contributed by atoms with Gasteiger partial charge in [0.1, 0.15) is 0 Å². The lowest BCUT2D eigenvalue weighted by Crippen LogP contribution is -2.39. The normalized spacial score (nSPS) is 13.7. The van der Waals surface area contributed by atoms with Crippen molar-refractivity contribution in [3.8, 4) is 29.0 Å². The van der Waals surface area contributed by atoms with Crippen molar-refractivity contribution in [2.24, 2.45) is 5.73 Å². The zero-order chi connectivity index (χ0) is 23.0. The molecule has 0 bridgehead atoms. The van der Waals surface area contributed by atoms with E-state index in [4.69, 9.17) is 10.5 Å². The van der Waals surface area contributed by atoms with Gasteiger partial charge in [-0.3, -0.25) is 14.7 Å². The molecule has 0 aliphatic carbocycles. The average Bonchev–Trinajstić information content (AvgIpc) is 2.85. The number of ether oxygens (including phenoxy) is 1. The first-order chi connectivity index (χ1) is 16.1. The Morgan fingerprint density at radius 2 is 1.88 bits per heavy atom. The van der Waals surface area contributed by atoms with Crippen LogP contribution in [0.4, 0.5) is 5.82 Å². The van der Waals surface area contributed by atoms with Crippen LogP contribution in [-0.4, -0.2) is 70.3 Å². The molecule has 4 N–H and O–H groups in total. The molecule has 9 nitrogen and oxygen atoms in total. The second-order valence-electron chi connectivity index (χ2n) is 7.41. The van der Waals surface area contributed by atoms with Crippen LogP contribution in [0.25, 0.3) is 11.4 Å². The largest absolute Gasteiger partial charge is 0.503 e. The van der Waals surface area contributed by atoms with Gasteiger partial charge in [0.05, 0.1) is 13.2 Å². The van der Waals surface area contributed by atoms with E-state index >= 15 is 0 Å². The van der Waals surface area contributed by atoms with E-state index < -0.39 is 5.91 Å². The maximum Gasteiger partial charge on any atom is 0.271 e. The maximum atomic E-state index is 11.9. The summed E-state index contributed by atoms with van der Waals surface area (Å²) in [5.41, 5.74) is 7.50. The van der Waals surface area contributed by atoms with E-state index in [1.807, 2.05) is 36.4 Å². The van der Waals surface area contributed by atoms with Crippen LogP contribution in [0.1, 0.15) is 21.6 Å². The maximum absolute atomic E-state index is 11.9. The summed E-state index contributed by atoms with van der Waals surface area (Å²) >= 11 is 0. The molecular formula is C24H24N6O3. The molecule has 168 valence electrons. The van der Waals surface area contributed by atoms with Crippen molar-refractivity contribution >= 4 is 11.7 Å². The van der Waals surface area contributed by atoms with Crippen molar-refractivity contribution in [3.05, 3.63) is 65.6 Å². The molecule has 0 unspecified atom stereocenters. The Morgan fingerprint density at radius 1 is 1.12 bits per heavy atom. The molecule has 33 heavy (non-hydrogen) atoms. The van der Waals surface area contributed by atoms with Gasteiger partial charge in [-0.15, -0.1) is 0 Å². The Balaban J connectivity index is 1.52.